The van der Waals surface area contributed by atoms with Gasteiger partial charge < -0.3 is 16.0 Å². The molecule has 0 bridgehead atoms. The number of fused-ring (bicyclic) bond motifs is 1. The molecule has 0 fully saturated rings. The van der Waals surface area contributed by atoms with Crippen LogP contribution in [0.2, 0.25) is 0 Å². The second-order valence-electron chi connectivity index (χ2n) is 2.80. The molecule has 0 saturated heterocycles. The van der Waals surface area contributed by atoms with Crippen LogP contribution in [-0.4, -0.2) is 15.9 Å². The number of aromatic nitrogens is 2. The van der Waals surface area contributed by atoms with Gasteiger partial charge in [0, 0.05) is 5.38 Å². The van der Waals surface area contributed by atoms with Crippen molar-refractivity contribution >= 4 is 33.2 Å². The molecule has 0 aliphatic carbocycles. The smallest absolute Gasteiger partial charge is 0.326 e. The van der Waals surface area contributed by atoms with Crippen molar-refractivity contribution < 1.29 is 0 Å². The number of H-pyrrole nitrogens is 2. The van der Waals surface area contributed by atoms with E-state index in [2.05, 4.69) is 15.3 Å². The zero-order valence-corrected chi connectivity index (χ0v) is 8.20. The summed E-state index contributed by atoms with van der Waals surface area (Å²) in [5.41, 5.74) is 4.93. The number of nitrogens with two attached hydrogens (primary N) is 1. The number of rotatable bonds is 1. The molecule has 7 nitrogen and oxygen atoms in total. The van der Waals surface area contributed by atoms with Gasteiger partial charge in [0.25, 0.3) is 5.56 Å². The Morgan fingerprint density at radius 2 is 2.20 bits per heavy atom. The molecule has 0 radical (unpaired) electrons. The second-order valence-corrected chi connectivity index (χ2v) is 3.68. The summed E-state index contributed by atoms with van der Waals surface area (Å²) in [6.07, 6.45) is 0. The van der Waals surface area contributed by atoms with Gasteiger partial charge in [0.15, 0.2) is 5.96 Å². The molecular formula is C7H7N5O2S. The van der Waals surface area contributed by atoms with Crippen LogP contribution < -0.4 is 22.3 Å². The molecule has 2 rings (SSSR count). The molecule has 0 atom stereocenters. The normalized spacial score (nSPS) is 10.4. The molecule has 15 heavy (non-hydrogen) atoms. The number of anilines is 1. The van der Waals surface area contributed by atoms with Crippen molar-refractivity contribution in [2.24, 2.45) is 5.73 Å². The van der Waals surface area contributed by atoms with Crippen LogP contribution in [-0.2, 0) is 0 Å². The van der Waals surface area contributed by atoms with E-state index in [1.807, 2.05) is 0 Å². The van der Waals surface area contributed by atoms with Crippen molar-refractivity contribution in [2.45, 2.75) is 0 Å². The van der Waals surface area contributed by atoms with Crippen molar-refractivity contribution in [3.05, 3.63) is 26.2 Å². The van der Waals surface area contributed by atoms with Gasteiger partial charge in [-0.3, -0.25) is 15.2 Å². The first-order valence-corrected chi connectivity index (χ1v) is 4.81. The number of thiophene rings is 1. The Bertz CT molecular complexity index is 637. The van der Waals surface area contributed by atoms with Crippen LogP contribution in [0.3, 0.4) is 0 Å². The summed E-state index contributed by atoms with van der Waals surface area (Å²) in [7, 11) is 0. The first kappa shape index (κ1) is 9.46. The van der Waals surface area contributed by atoms with Gasteiger partial charge in [-0.15, -0.1) is 11.3 Å². The quantitative estimate of drug-likeness (QED) is 0.333. The zero-order valence-electron chi connectivity index (χ0n) is 7.38. The average molecular weight is 225 g/mol. The van der Waals surface area contributed by atoms with Gasteiger partial charge >= 0.3 is 5.69 Å². The first-order chi connectivity index (χ1) is 7.08. The lowest BCUT2D eigenvalue weighted by atomic mass is 10.4. The Hall–Kier alpha value is -2.09. The van der Waals surface area contributed by atoms with Crippen LogP contribution in [0.1, 0.15) is 0 Å². The van der Waals surface area contributed by atoms with Gasteiger partial charge in [-0.2, -0.15) is 0 Å². The highest BCUT2D eigenvalue weighted by Gasteiger charge is 2.08. The molecule has 0 unspecified atom stereocenters. The summed E-state index contributed by atoms with van der Waals surface area (Å²) in [5, 5.41) is 11.2. The molecule has 6 N–H and O–H groups in total. The largest absolute Gasteiger partial charge is 0.370 e. The molecule has 8 heteroatoms. The Labute approximate surface area is 86.5 Å². The highest BCUT2D eigenvalue weighted by molar-refractivity contribution is 7.17. The van der Waals surface area contributed by atoms with Crippen molar-refractivity contribution in [1.82, 2.24) is 9.97 Å². The number of nitrogens with one attached hydrogen (secondary N) is 4. The third-order valence-corrected chi connectivity index (χ3v) is 2.71. The summed E-state index contributed by atoms with van der Waals surface area (Å²) in [4.78, 5) is 26.9. The summed E-state index contributed by atoms with van der Waals surface area (Å²) in [5.74, 6) is -0.254. The van der Waals surface area contributed by atoms with E-state index in [-0.39, 0.29) is 5.96 Å². The predicted molar refractivity (Wildman–Crippen MR) is 58.6 cm³/mol. The summed E-state index contributed by atoms with van der Waals surface area (Å²) in [6, 6.07) is 0. The topological polar surface area (TPSA) is 128 Å². The highest BCUT2D eigenvalue weighted by Crippen LogP contribution is 2.24. The molecule has 0 amide bonds. The van der Waals surface area contributed by atoms with Gasteiger partial charge in [-0.25, -0.2) is 4.79 Å². The van der Waals surface area contributed by atoms with Crippen LogP contribution in [0.15, 0.2) is 15.0 Å². The minimum Gasteiger partial charge on any atom is -0.370 e. The monoisotopic (exact) mass is 225 g/mol. The predicted octanol–water partition coefficient (Wildman–Crippen LogP) is -0.417. The van der Waals surface area contributed by atoms with E-state index in [1.54, 1.807) is 5.38 Å². The Balaban J connectivity index is 2.74. The minimum atomic E-state index is -0.586. The van der Waals surface area contributed by atoms with Gasteiger partial charge in [0.05, 0.1) is 11.2 Å². The molecular weight excluding hydrogens is 218 g/mol. The van der Waals surface area contributed by atoms with Gasteiger partial charge in [-0.05, 0) is 0 Å². The van der Waals surface area contributed by atoms with E-state index >= 15 is 0 Å². The molecule has 0 aromatic carbocycles. The minimum absolute atomic E-state index is 0.254. The first-order valence-electron chi connectivity index (χ1n) is 3.93. The lowest BCUT2D eigenvalue weighted by Crippen LogP contribution is -2.23. The fourth-order valence-corrected chi connectivity index (χ4v) is 2.04. The van der Waals surface area contributed by atoms with Crippen LogP contribution >= 0.6 is 11.3 Å². The van der Waals surface area contributed by atoms with E-state index in [1.165, 1.54) is 0 Å². The summed E-state index contributed by atoms with van der Waals surface area (Å²) < 4.78 is 0.387. The molecule has 2 heterocycles. The number of guanidine groups is 1. The second kappa shape index (κ2) is 3.24. The van der Waals surface area contributed by atoms with Crippen molar-refractivity contribution in [3.63, 3.8) is 0 Å². The average Bonchev–Trinajstić information content (AvgIpc) is 2.48. The Kier molecular flexibility index (Phi) is 2.05. The summed E-state index contributed by atoms with van der Waals surface area (Å²) >= 11 is 1.16. The summed E-state index contributed by atoms with van der Waals surface area (Å²) in [6.45, 7) is 0. The number of hydrogen-bond acceptors (Lipinski definition) is 4. The van der Waals surface area contributed by atoms with E-state index in [0.29, 0.717) is 15.9 Å². The molecule has 0 spiro atoms. The number of aromatic amines is 2. The van der Waals surface area contributed by atoms with Crippen LogP contribution in [0, 0.1) is 5.41 Å². The maximum atomic E-state index is 11.3. The Morgan fingerprint density at radius 3 is 2.87 bits per heavy atom. The van der Waals surface area contributed by atoms with E-state index < -0.39 is 11.2 Å². The van der Waals surface area contributed by atoms with Crippen molar-refractivity contribution in [3.8, 4) is 0 Å². The zero-order chi connectivity index (χ0) is 11.0. The standard InChI is InChI=1S/C7H7N5O2S/c8-6(9)10-2-1-15-4-3(2)11-7(14)12-5(4)13/h1H,(H4,8,9,10)(H2,11,12,13,14). The van der Waals surface area contributed by atoms with Gasteiger partial charge in [0.1, 0.15) is 4.70 Å². The third kappa shape index (κ3) is 1.62. The van der Waals surface area contributed by atoms with Crippen LogP contribution in [0.5, 0.6) is 0 Å². The molecule has 2 aromatic heterocycles. The van der Waals surface area contributed by atoms with Crippen LogP contribution in [0.4, 0.5) is 5.69 Å². The SMILES string of the molecule is N=C(N)Nc1csc2c(=O)[nH]c(=O)[nH]c12. The van der Waals surface area contributed by atoms with E-state index in [9.17, 15) is 9.59 Å². The maximum Gasteiger partial charge on any atom is 0.326 e. The molecule has 0 saturated carbocycles. The Morgan fingerprint density at radius 1 is 1.47 bits per heavy atom. The maximum absolute atomic E-state index is 11.3. The van der Waals surface area contributed by atoms with Gasteiger partial charge in [-0.1, -0.05) is 0 Å². The number of hydrogen-bond donors (Lipinski definition) is 5. The fraction of sp³-hybridized carbons (Fsp3) is 0. The molecule has 78 valence electrons. The van der Waals surface area contributed by atoms with Crippen molar-refractivity contribution in [2.75, 3.05) is 5.32 Å². The highest BCUT2D eigenvalue weighted by atomic mass is 32.1. The van der Waals surface area contributed by atoms with E-state index in [4.69, 9.17) is 11.1 Å². The van der Waals surface area contributed by atoms with Crippen LogP contribution in [0.25, 0.3) is 10.2 Å². The fourth-order valence-electron chi connectivity index (χ4n) is 1.19. The van der Waals surface area contributed by atoms with Crippen molar-refractivity contribution in [1.29, 1.82) is 5.41 Å². The lowest BCUT2D eigenvalue weighted by Gasteiger charge is -1.99. The lowest BCUT2D eigenvalue weighted by molar-refractivity contribution is 1.09. The van der Waals surface area contributed by atoms with E-state index in [0.717, 1.165) is 11.3 Å². The molecule has 0 aliphatic rings. The van der Waals surface area contributed by atoms with Gasteiger partial charge in [0.2, 0.25) is 0 Å². The third-order valence-electron chi connectivity index (χ3n) is 1.73. The molecule has 0 aliphatic heterocycles. The molecule has 2 aromatic rings.